The minimum absolute atomic E-state index is 0.0612. The van der Waals surface area contributed by atoms with Gasteiger partial charge in [-0.1, -0.05) is 30.3 Å². The molecule has 0 aliphatic heterocycles. The van der Waals surface area contributed by atoms with E-state index in [0.29, 0.717) is 28.9 Å². The van der Waals surface area contributed by atoms with E-state index in [0.717, 1.165) is 22.4 Å². The highest BCUT2D eigenvalue weighted by atomic mass is 16.5. The van der Waals surface area contributed by atoms with E-state index in [4.69, 9.17) is 14.2 Å². The van der Waals surface area contributed by atoms with Gasteiger partial charge in [0, 0.05) is 11.1 Å². The first kappa shape index (κ1) is 22.6. The van der Waals surface area contributed by atoms with Gasteiger partial charge in [0.2, 0.25) is 5.95 Å². The summed E-state index contributed by atoms with van der Waals surface area (Å²) in [7, 11) is 4.68. The van der Waals surface area contributed by atoms with Crippen LogP contribution in [0.3, 0.4) is 0 Å². The molecule has 0 saturated carbocycles. The number of phenols is 1. The maximum atomic E-state index is 9.76. The third-order valence-electron chi connectivity index (χ3n) is 5.06. The standard InChI is InChI=1S/C26H24N4O4/c1-32-23-12-10-19(14-25(23)34-3)21-15-20(18-7-5-4-6-8-18)28-26(29-21)30-27-16-17-9-11-22(31)24(13-17)33-2/h4-16,31H,1-3H3,(H,28,29,30)/b27-16-. The highest BCUT2D eigenvalue weighted by Gasteiger charge is 2.11. The number of hydrazone groups is 1. The van der Waals surface area contributed by atoms with Gasteiger partial charge in [0.1, 0.15) is 0 Å². The van der Waals surface area contributed by atoms with E-state index in [9.17, 15) is 5.11 Å². The lowest BCUT2D eigenvalue weighted by atomic mass is 10.1. The maximum Gasteiger partial charge on any atom is 0.244 e. The molecule has 0 amide bonds. The van der Waals surface area contributed by atoms with Gasteiger partial charge < -0.3 is 19.3 Å². The van der Waals surface area contributed by atoms with Gasteiger partial charge >= 0.3 is 0 Å². The number of anilines is 1. The lowest BCUT2D eigenvalue weighted by Crippen LogP contribution is -2.01. The number of nitrogens with zero attached hydrogens (tertiary/aromatic N) is 3. The molecule has 1 heterocycles. The van der Waals surface area contributed by atoms with Crippen molar-refractivity contribution in [1.29, 1.82) is 0 Å². The maximum absolute atomic E-state index is 9.76. The first-order valence-electron chi connectivity index (χ1n) is 10.4. The van der Waals surface area contributed by atoms with Crippen molar-refractivity contribution < 1.29 is 19.3 Å². The zero-order valence-electron chi connectivity index (χ0n) is 19.0. The highest BCUT2D eigenvalue weighted by molar-refractivity contribution is 5.81. The molecule has 0 saturated heterocycles. The van der Waals surface area contributed by atoms with Crippen LogP contribution in [0.4, 0.5) is 5.95 Å². The van der Waals surface area contributed by atoms with Gasteiger partial charge in [0.05, 0.1) is 38.9 Å². The van der Waals surface area contributed by atoms with Crippen LogP contribution in [0.15, 0.2) is 77.9 Å². The number of benzene rings is 3. The van der Waals surface area contributed by atoms with Crippen molar-refractivity contribution >= 4 is 12.2 Å². The molecule has 0 radical (unpaired) electrons. The molecule has 4 aromatic rings. The third-order valence-corrected chi connectivity index (χ3v) is 5.06. The average Bonchev–Trinajstić information content (AvgIpc) is 2.89. The second-order valence-corrected chi connectivity index (χ2v) is 7.20. The molecule has 3 aromatic carbocycles. The van der Waals surface area contributed by atoms with Crippen LogP contribution in [0, 0.1) is 0 Å². The zero-order chi connectivity index (χ0) is 23.9. The molecule has 0 aliphatic carbocycles. The van der Waals surface area contributed by atoms with Gasteiger partial charge in [-0.05, 0) is 48.0 Å². The number of ether oxygens (including phenoxy) is 3. The Labute approximate surface area is 197 Å². The number of hydrogen-bond acceptors (Lipinski definition) is 8. The summed E-state index contributed by atoms with van der Waals surface area (Å²) in [4.78, 5) is 9.27. The Balaban J connectivity index is 1.70. The van der Waals surface area contributed by atoms with E-state index in [-0.39, 0.29) is 5.75 Å². The van der Waals surface area contributed by atoms with Crippen LogP contribution in [0.1, 0.15) is 5.56 Å². The summed E-state index contributed by atoms with van der Waals surface area (Å²) in [6, 6.07) is 22.3. The van der Waals surface area contributed by atoms with Crippen molar-refractivity contribution in [3.05, 3.63) is 78.4 Å². The minimum Gasteiger partial charge on any atom is -0.504 e. The average molecular weight is 457 g/mol. The summed E-state index contributed by atoms with van der Waals surface area (Å²) in [5, 5.41) is 14.0. The van der Waals surface area contributed by atoms with Crippen LogP contribution < -0.4 is 19.6 Å². The van der Waals surface area contributed by atoms with E-state index < -0.39 is 0 Å². The minimum atomic E-state index is 0.0612. The Bertz CT molecular complexity index is 1310. The molecule has 8 heteroatoms. The van der Waals surface area contributed by atoms with Gasteiger partial charge in [-0.25, -0.2) is 15.4 Å². The molecule has 0 bridgehead atoms. The van der Waals surface area contributed by atoms with E-state index in [1.807, 2.05) is 54.6 Å². The second-order valence-electron chi connectivity index (χ2n) is 7.20. The number of methoxy groups -OCH3 is 3. The number of aromatic hydroxyl groups is 1. The first-order valence-corrected chi connectivity index (χ1v) is 10.4. The van der Waals surface area contributed by atoms with Gasteiger partial charge in [-0.3, -0.25) is 0 Å². The number of nitrogens with one attached hydrogen (secondary N) is 1. The van der Waals surface area contributed by atoms with Crippen molar-refractivity contribution in [3.63, 3.8) is 0 Å². The Kier molecular flexibility index (Phi) is 6.88. The topological polar surface area (TPSA) is 98.1 Å². The van der Waals surface area contributed by atoms with Crippen LogP contribution in [0.25, 0.3) is 22.5 Å². The number of phenolic OH excluding ortho intramolecular Hbond substituents is 1. The molecule has 8 nitrogen and oxygen atoms in total. The fraction of sp³-hybridized carbons (Fsp3) is 0.115. The third kappa shape index (κ3) is 5.07. The summed E-state index contributed by atoms with van der Waals surface area (Å²) in [5.41, 5.74) is 6.86. The molecule has 4 rings (SSSR count). The molecule has 1 aromatic heterocycles. The second kappa shape index (κ2) is 10.4. The molecule has 0 atom stereocenters. The van der Waals surface area contributed by atoms with Crippen molar-refractivity contribution in [1.82, 2.24) is 9.97 Å². The highest BCUT2D eigenvalue weighted by Crippen LogP contribution is 2.33. The van der Waals surface area contributed by atoms with Crippen molar-refractivity contribution in [3.8, 4) is 45.5 Å². The summed E-state index contributed by atoms with van der Waals surface area (Å²) in [5.74, 6) is 1.99. The normalized spacial score (nSPS) is 10.8. The summed E-state index contributed by atoms with van der Waals surface area (Å²) in [6.07, 6.45) is 1.59. The quantitative estimate of drug-likeness (QED) is 0.285. The molecule has 0 aliphatic rings. The van der Waals surface area contributed by atoms with Gasteiger partial charge in [-0.15, -0.1) is 0 Å². The molecular formula is C26H24N4O4. The predicted octanol–water partition coefficient (Wildman–Crippen LogP) is 4.99. The Morgan fingerprint density at radius 2 is 1.44 bits per heavy atom. The number of aromatic nitrogens is 2. The lowest BCUT2D eigenvalue weighted by Gasteiger charge is -2.11. The number of rotatable bonds is 8. The predicted molar refractivity (Wildman–Crippen MR) is 132 cm³/mol. The van der Waals surface area contributed by atoms with E-state index in [2.05, 4.69) is 20.5 Å². The largest absolute Gasteiger partial charge is 0.504 e. The molecule has 0 fully saturated rings. The monoisotopic (exact) mass is 456 g/mol. The molecule has 34 heavy (non-hydrogen) atoms. The SMILES string of the molecule is COc1cc(/C=N\Nc2nc(-c3ccccc3)cc(-c3ccc(OC)c(OC)c3)n2)ccc1O. The van der Waals surface area contributed by atoms with Gasteiger partial charge in [0.15, 0.2) is 23.0 Å². The first-order chi connectivity index (χ1) is 16.6. The van der Waals surface area contributed by atoms with Crippen molar-refractivity contribution in [2.24, 2.45) is 5.10 Å². The fourth-order valence-electron chi connectivity index (χ4n) is 3.34. The van der Waals surface area contributed by atoms with Gasteiger partial charge in [-0.2, -0.15) is 5.10 Å². The molecule has 0 spiro atoms. The van der Waals surface area contributed by atoms with Crippen LogP contribution in [-0.2, 0) is 0 Å². The van der Waals surface area contributed by atoms with Crippen molar-refractivity contribution in [2.75, 3.05) is 26.8 Å². The van der Waals surface area contributed by atoms with Crippen LogP contribution in [0.2, 0.25) is 0 Å². The Morgan fingerprint density at radius 1 is 0.735 bits per heavy atom. The van der Waals surface area contributed by atoms with Crippen LogP contribution in [-0.4, -0.2) is 42.6 Å². The molecule has 172 valence electrons. The summed E-state index contributed by atoms with van der Waals surface area (Å²) >= 11 is 0. The van der Waals surface area contributed by atoms with E-state index in [1.165, 1.54) is 7.11 Å². The Hall–Kier alpha value is -4.59. The zero-order valence-corrected chi connectivity index (χ0v) is 19.0. The van der Waals surface area contributed by atoms with Crippen LogP contribution >= 0.6 is 0 Å². The lowest BCUT2D eigenvalue weighted by molar-refractivity contribution is 0.355. The smallest absolute Gasteiger partial charge is 0.244 e. The van der Waals surface area contributed by atoms with E-state index >= 15 is 0 Å². The fourth-order valence-corrected chi connectivity index (χ4v) is 3.34. The van der Waals surface area contributed by atoms with E-state index in [1.54, 1.807) is 38.6 Å². The van der Waals surface area contributed by atoms with Gasteiger partial charge in [0.25, 0.3) is 0 Å². The number of hydrogen-bond donors (Lipinski definition) is 2. The van der Waals surface area contributed by atoms with Crippen LogP contribution in [0.5, 0.6) is 23.0 Å². The summed E-state index contributed by atoms with van der Waals surface area (Å²) < 4.78 is 15.9. The molecule has 0 unspecified atom stereocenters. The summed E-state index contributed by atoms with van der Waals surface area (Å²) in [6.45, 7) is 0. The Morgan fingerprint density at radius 3 is 2.15 bits per heavy atom. The van der Waals surface area contributed by atoms with Crippen molar-refractivity contribution in [2.45, 2.75) is 0 Å². The molecular weight excluding hydrogens is 432 g/mol. The molecule has 2 N–H and O–H groups in total.